The van der Waals surface area contributed by atoms with Crippen molar-refractivity contribution >= 4 is 23.6 Å². The van der Waals surface area contributed by atoms with Gasteiger partial charge in [-0.05, 0) is 12.8 Å². The molecule has 0 aromatic rings. The van der Waals surface area contributed by atoms with Crippen molar-refractivity contribution in [3.8, 4) is 0 Å². The summed E-state index contributed by atoms with van der Waals surface area (Å²) >= 11 is 0. The summed E-state index contributed by atoms with van der Waals surface area (Å²) < 4.78 is 38.0. The zero-order valence-corrected chi connectivity index (χ0v) is 30.7. The van der Waals surface area contributed by atoms with Gasteiger partial charge in [0.1, 0.15) is 48.8 Å². The minimum atomic E-state index is -1.79. The van der Waals surface area contributed by atoms with E-state index in [9.17, 15) is 54.9 Å². The minimum Gasteiger partial charge on any atom is -0.394 e. The van der Waals surface area contributed by atoms with E-state index < -0.39 is 86.4 Å². The van der Waals surface area contributed by atoms with Crippen LogP contribution >= 0.6 is 0 Å². The van der Waals surface area contributed by atoms with Crippen molar-refractivity contribution in [1.29, 1.82) is 0 Å². The van der Waals surface area contributed by atoms with Gasteiger partial charge >= 0.3 is 0 Å². The SMILES string of the molecule is NNC(=O)CCC(=O)NCCCOCCOCCOCCCNC(=O)CCC(=O)NCCO[C@H]1O[C@H](CO)[C@@H](O[C@@H]2O[C@H](CO)[C@H](O)[C@H](O)[C@H]2O)[C@H](O)[C@@H]1O. The quantitative estimate of drug-likeness (QED) is 0.0151. The van der Waals surface area contributed by atoms with Crippen molar-refractivity contribution in [2.75, 3.05) is 79.1 Å². The van der Waals surface area contributed by atoms with Gasteiger partial charge in [0, 0.05) is 58.5 Å². The molecule has 55 heavy (non-hydrogen) atoms. The van der Waals surface area contributed by atoms with Crippen LogP contribution in [0.3, 0.4) is 0 Å². The molecule has 0 unspecified atom stereocenters. The van der Waals surface area contributed by atoms with Gasteiger partial charge in [0.2, 0.25) is 23.6 Å². The summed E-state index contributed by atoms with van der Waals surface area (Å²) in [5, 5.41) is 78.4. The summed E-state index contributed by atoms with van der Waals surface area (Å²) in [5.41, 5.74) is 1.96. The number of hydrazine groups is 1. The molecule has 0 spiro atoms. The molecule has 13 N–H and O–H groups in total. The van der Waals surface area contributed by atoms with E-state index in [0.29, 0.717) is 65.6 Å². The Morgan fingerprint density at radius 3 is 1.49 bits per heavy atom. The Balaban J connectivity index is 1.45. The molecular formula is C32H59N5O18. The van der Waals surface area contributed by atoms with Crippen molar-refractivity contribution in [2.24, 2.45) is 5.84 Å². The Kier molecular flexibility index (Phi) is 24.5. The van der Waals surface area contributed by atoms with Crippen LogP contribution < -0.4 is 27.2 Å². The van der Waals surface area contributed by atoms with E-state index in [1.165, 1.54) is 0 Å². The average Bonchev–Trinajstić information content (AvgIpc) is 3.18. The van der Waals surface area contributed by atoms with Crippen LogP contribution in [-0.2, 0) is 52.3 Å². The zero-order chi connectivity index (χ0) is 40.6. The van der Waals surface area contributed by atoms with Gasteiger partial charge in [-0.25, -0.2) is 5.84 Å². The van der Waals surface area contributed by atoms with Crippen molar-refractivity contribution in [2.45, 2.75) is 99.9 Å². The first kappa shape index (κ1) is 48.4. The van der Waals surface area contributed by atoms with Crippen LogP contribution in [0.4, 0.5) is 0 Å². The van der Waals surface area contributed by atoms with Crippen LogP contribution in [0.25, 0.3) is 0 Å². The van der Waals surface area contributed by atoms with E-state index in [4.69, 9.17) is 39.0 Å². The van der Waals surface area contributed by atoms with Gasteiger partial charge < -0.3 is 84.9 Å². The van der Waals surface area contributed by atoms with Gasteiger partial charge in [-0.2, -0.15) is 0 Å². The Labute approximate surface area is 318 Å². The molecule has 0 aromatic carbocycles. The van der Waals surface area contributed by atoms with Gasteiger partial charge in [-0.3, -0.25) is 24.6 Å². The molecule has 0 radical (unpaired) electrons. The maximum Gasteiger partial charge on any atom is 0.234 e. The van der Waals surface area contributed by atoms with E-state index in [1.54, 1.807) is 0 Å². The molecule has 2 aliphatic heterocycles. The first-order chi connectivity index (χ1) is 26.4. The number of ether oxygens (including phenoxy) is 7. The first-order valence-electron chi connectivity index (χ1n) is 18.2. The minimum absolute atomic E-state index is 0.0300. The average molecular weight is 802 g/mol. The number of aliphatic hydroxyl groups is 7. The highest BCUT2D eigenvalue weighted by Crippen LogP contribution is 2.29. The highest BCUT2D eigenvalue weighted by molar-refractivity contribution is 5.84. The van der Waals surface area contributed by atoms with Crippen molar-refractivity contribution < 1.29 is 88.1 Å². The molecule has 23 heteroatoms. The molecule has 0 saturated carbocycles. The summed E-state index contributed by atoms with van der Waals surface area (Å²) in [7, 11) is 0. The number of carbonyl (C=O) groups excluding carboxylic acids is 4. The van der Waals surface area contributed by atoms with Gasteiger partial charge in [0.05, 0.1) is 46.2 Å². The molecule has 2 fully saturated rings. The van der Waals surface area contributed by atoms with Gasteiger partial charge in [-0.15, -0.1) is 0 Å². The third-order valence-corrected chi connectivity index (χ3v) is 8.31. The summed E-state index contributed by atoms with van der Waals surface area (Å²) in [4.78, 5) is 46.8. The predicted molar refractivity (Wildman–Crippen MR) is 184 cm³/mol. The summed E-state index contributed by atoms with van der Waals surface area (Å²) in [6.07, 6.45) is -14.7. The van der Waals surface area contributed by atoms with E-state index in [2.05, 4.69) is 16.0 Å². The molecule has 10 atom stereocenters. The molecule has 23 nitrogen and oxygen atoms in total. The van der Waals surface area contributed by atoms with Crippen molar-refractivity contribution in [3.63, 3.8) is 0 Å². The van der Waals surface area contributed by atoms with Crippen LogP contribution in [0.2, 0.25) is 0 Å². The first-order valence-corrected chi connectivity index (χ1v) is 18.2. The van der Waals surface area contributed by atoms with Gasteiger partial charge in [-0.1, -0.05) is 0 Å². The summed E-state index contributed by atoms with van der Waals surface area (Å²) in [6.45, 7) is 1.46. The fraction of sp³-hybridized carbons (Fsp3) is 0.875. The van der Waals surface area contributed by atoms with Crippen LogP contribution in [0, 0.1) is 0 Å². The number of amides is 4. The Morgan fingerprint density at radius 2 is 0.982 bits per heavy atom. The number of hydrogen-bond donors (Lipinski definition) is 12. The second-order valence-corrected chi connectivity index (χ2v) is 12.5. The van der Waals surface area contributed by atoms with E-state index >= 15 is 0 Å². The number of aliphatic hydroxyl groups excluding tert-OH is 7. The second-order valence-electron chi connectivity index (χ2n) is 12.5. The predicted octanol–water partition coefficient (Wildman–Crippen LogP) is -6.64. The molecule has 4 amide bonds. The fourth-order valence-electron chi connectivity index (χ4n) is 5.20. The number of rotatable bonds is 28. The number of carbonyl (C=O) groups is 4. The second kappa shape index (κ2) is 27.8. The largest absolute Gasteiger partial charge is 0.394 e. The van der Waals surface area contributed by atoms with Crippen LogP contribution in [-0.4, -0.2) is 200 Å². The summed E-state index contributed by atoms with van der Waals surface area (Å²) in [5.74, 6) is 3.56. The van der Waals surface area contributed by atoms with Crippen molar-refractivity contribution in [1.82, 2.24) is 21.4 Å². The Bertz CT molecular complexity index is 1110. The monoisotopic (exact) mass is 801 g/mol. The molecule has 2 rings (SSSR count). The Hall–Kier alpha value is -2.72. The Morgan fingerprint density at radius 1 is 0.527 bits per heavy atom. The maximum absolute atomic E-state index is 12.2. The molecule has 0 bridgehead atoms. The van der Waals surface area contributed by atoms with E-state index in [-0.39, 0.29) is 50.6 Å². The third-order valence-electron chi connectivity index (χ3n) is 8.31. The fourth-order valence-corrected chi connectivity index (χ4v) is 5.20. The smallest absolute Gasteiger partial charge is 0.234 e. The molecule has 2 aliphatic rings. The molecule has 0 aromatic heterocycles. The third kappa shape index (κ3) is 18.4. The number of nitrogens with two attached hydrogens (primary N) is 1. The lowest BCUT2D eigenvalue weighted by Gasteiger charge is -2.45. The zero-order valence-electron chi connectivity index (χ0n) is 30.7. The molecule has 320 valence electrons. The van der Waals surface area contributed by atoms with Crippen LogP contribution in [0.15, 0.2) is 0 Å². The summed E-state index contributed by atoms with van der Waals surface area (Å²) in [6, 6.07) is 0. The van der Waals surface area contributed by atoms with Gasteiger partial charge in [0.25, 0.3) is 0 Å². The van der Waals surface area contributed by atoms with Gasteiger partial charge in [0.15, 0.2) is 12.6 Å². The number of nitrogens with one attached hydrogen (secondary N) is 4. The maximum atomic E-state index is 12.2. The van der Waals surface area contributed by atoms with Crippen molar-refractivity contribution in [3.05, 3.63) is 0 Å². The number of hydrogen-bond acceptors (Lipinski definition) is 19. The topological polar surface area (TPSA) is 349 Å². The molecule has 2 saturated heterocycles. The molecular weight excluding hydrogens is 742 g/mol. The normalized spacial score (nSPS) is 28.0. The highest BCUT2D eigenvalue weighted by atomic mass is 16.7. The van der Waals surface area contributed by atoms with E-state index in [0.717, 1.165) is 0 Å². The lowest BCUT2D eigenvalue weighted by atomic mass is 9.97. The highest BCUT2D eigenvalue weighted by Gasteiger charge is 2.50. The standard InChI is InChI=1S/C32H59N5O18/c33-37-24(43)6-5-22(41)35-8-2-11-50-14-16-51-15-13-49-10-1-7-34-21(40)3-4-23(42)36-9-12-52-31-29(48)27(46)30(20(18-39)54-31)55-32-28(47)26(45)25(44)19(17-38)53-32/h19-20,25-32,38-39,44-48H,1-18,33H2,(H,34,40)(H,35,41)(H,36,42)(H,37,43)/t19-,20-,25+,26+,27-,28-,29+,30-,31+,32+/m1/s1. The van der Waals surface area contributed by atoms with E-state index in [1.807, 2.05) is 5.43 Å². The molecule has 2 heterocycles. The van der Waals surface area contributed by atoms with Crippen LogP contribution in [0.5, 0.6) is 0 Å². The van der Waals surface area contributed by atoms with Crippen LogP contribution in [0.1, 0.15) is 38.5 Å². The lowest BCUT2D eigenvalue weighted by Crippen LogP contribution is -2.64. The lowest BCUT2D eigenvalue weighted by molar-refractivity contribution is -0.359. The molecule has 0 aliphatic carbocycles.